The number of likely N-dealkylation sites (N-methyl/N-ethyl adjacent to an activating group) is 1. The molecule has 3 N–H and O–H groups in total. The summed E-state index contributed by atoms with van der Waals surface area (Å²) in [6, 6.07) is 28.1. The first-order valence-electron chi connectivity index (χ1n) is 23.4. The fourth-order valence-corrected chi connectivity index (χ4v) is 8.34. The second-order valence-electron chi connectivity index (χ2n) is 19.9. The Kier molecular flexibility index (Phi) is 19.3. The Labute approximate surface area is 411 Å². The Morgan fingerprint density at radius 2 is 1.34 bits per heavy atom. The minimum absolute atomic E-state index is 0.0602. The summed E-state index contributed by atoms with van der Waals surface area (Å²) in [5.74, 6) is -1.66. The van der Waals surface area contributed by atoms with Crippen molar-refractivity contribution in [1.29, 1.82) is 0 Å². The van der Waals surface area contributed by atoms with Gasteiger partial charge >= 0.3 is 24.2 Å². The van der Waals surface area contributed by atoms with Gasteiger partial charge in [-0.3, -0.25) is 24.3 Å². The molecule has 0 unspecified atom stereocenters. The zero-order chi connectivity index (χ0) is 51.0. The molecule has 2 heterocycles. The highest BCUT2D eigenvalue weighted by Gasteiger charge is 2.45. The summed E-state index contributed by atoms with van der Waals surface area (Å²) in [5, 5.41) is 8.98. The summed E-state index contributed by atoms with van der Waals surface area (Å²) >= 11 is 0. The van der Waals surface area contributed by atoms with Gasteiger partial charge in [0.15, 0.2) is 0 Å². The number of hydrogen-bond donors (Lipinski definition) is 3. The Balaban J connectivity index is 1.54. The number of benzene rings is 3. The van der Waals surface area contributed by atoms with Gasteiger partial charge in [0.25, 0.3) is 0 Å². The number of carbonyl (C=O) groups is 6. The van der Waals surface area contributed by atoms with Gasteiger partial charge in [0.05, 0.1) is 25.4 Å². The number of alkyl carbamates (subject to hydrolysis) is 1. The van der Waals surface area contributed by atoms with Crippen molar-refractivity contribution >= 4 is 36.1 Å². The fourth-order valence-electron chi connectivity index (χ4n) is 8.34. The number of nitrogens with one attached hydrogen (secondary N) is 3. The van der Waals surface area contributed by atoms with Crippen LogP contribution in [-0.2, 0) is 52.7 Å². The number of hydrogen-bond acceptors (Lipinski definition) is 12. The van der Waals surface area contributed by atoms with Crippen LogP contribution >= 0.6 is 0 Å². The zero-order valence-electron chi connectivity index (χ0n) is 41.8. The van der Waals surface area contributed by atoms with Crippen molar-refractivity contribution in [2.75, 3.05) is 47.6 Å². The van der Waals surface area contributed by atoms with E-state index in [1.807, 2.05) is 124 Å². The van der Waals surface area contributed by atoms with Gasteiger partial charge in [-0.2, -0.15) is 0 Å². The molecule has 1 fully saturated rings. The van der Waals surface area contributed by atoms with Gasteiger partial charge < -0.3 is 44.7 Å². The molecule has 17 heteroatoms. The van der Waals surface area contributed by atoms with E-state index >= 15 is 4.79 Å². The SMILES string of the molecule is COC(=O)N[C@H](C(=O)N[C@@H](Cc1ccc(-c2ccccn2)cc1)C[C@H](OC(=O)OCOC(=O)CN(C)C)[C@H](Cc1ccccc1)NC(=O)[C@@H](N1CCN(Cc2ccccc2)C1=O)C(C)(C)C)C(C)(C)C. The van der Waals surface area contributed by atoms with Gasteiger partial charge in [0.2, 0.25) is 18.6 Å². The molecular formula is C53H69N7O10. The third kappa shape index (κ3) is 16.3. The van der Waals surface area contributed by atoms with Crippen LogP contribution in [0.4, 0.5) is 14.4 Å². The van der Waals surface area contributed by atoms with Crippen LogP contribution in [0, 0.1) is 10.8 Å². The highest BCUT2D eigenvalue weighted by Crippen LogP contribution is 2.30. The van der Waals surface area contributed by atoms with Gasteiger partial charge in [0, 0.05) is 43.9 Å². The molecule has 376 valence electrons. The minimum Gasteiger partial charge on any atom is -0.453 e. The lowest BCUT2D eigenvalue weighted by atomic mass is 9.84. The molecule has 70 heavy (non-hydrogen) atoms. The third-order valence-corrected chi connectivity index (χ3v) is 11.7. The number of pyridine rings is 1. The number of urea groups is 1. The average Bonchev–Trinajstić information content (AvgIpc) is 3.65. The van der Waals surface area contributed by atoms with E-state index in [-0.39, 0.29) is 31.8 Å². The van der Waals surface area contributed by atoms with Crippen LogP contribution in [0.5, 0.6) is 0 Å². The molecule has 0 spiro atoms. The summed E-state index contributed by atoms with van der Waals surface area (Å²) in [7, 11) is 4.58. The van der Waals surface area contributed by atoms with Crippen LogP contribution in [0.25, 0.3) is 11.3 Å². The molecule has 1 aliphatic rings. The number of amides is 5. The Morgan fingerprint density at radius 1 is 0.714 bits per heavy atom. The summed E-state index contributed by atoms with van der Waals surface area (Å²) in [5.41, 5.74) is 2.63. The van der Waals surface area contributed by atoms with Crippen LogP contribution in [-0.4, -0.2) is 134 Å². The molecule has 0 bridgehead atoms. The number of carbonyl (C=O) groups excluding carboxylic acids is 6. The smallest absolute Gasteiger partial charge is 0.453 e. The monoisotopic (exact) mass is 964 g/mol. The average molecular weight is 964 g/mol. The first-order chi connectivity index (χ1) is 33.2. The zero-order valence-corrected chi connectivity index (χ0v) is 41.8. The van der Waals surface area contributed by atoms with Crippen molar-refractivity contribution in [2.24, 2.45) is 10.8 Å². The summed E-state index contributed by atoms with van der Waals surface area (Å²) < 4.78 is 21.5. The Bertz CT molecular complexity index is 2340. The largest absolute Gasteiger partial charge is 0.511 e. The number of nitrogens with zero attached hydrogens (tertiary/aromatic N) is 4. The van der Waals surface area contributed by atoms with Crippen LogP contribution in [0.3, 0.4) is 0 Å². The second-order valence-corrected chi connectivity index (χ2v) is 19.9. The number of ether oxygens (including phenoxy) is 4. The van der Waals surface area contributed by atoms with E-state index in [1.54, 1.807) is 55.8 Å². The predicted molar refractivity (Wildman–Crippen MR) is 264 cm³/mol. The van der Waals surface area contributed by atoms with Gasteiger partial charge in [0.1, 0.15) is 18.2 Å². The number of methoxy groups -OCH3 is 1. The van der Waals surface area contributed by atoms with Crippen molar-refractivity contribution in [3.8, 4) is 11.3 Å². The molecular weight excluding hydrogens is 895 g/mol. The standard InChI is InChI=1S/C53H69N7O10/c1-52(2,3)45(57-49(64)67-9)47(62)55-40(30-37-23-25-39(26-24-37)41-22-16-17-27-54-41)32-43(70-51(66)69-35-68-44(61)34-58(7)8)42(31-36-18-12-10-13-19-36)56-48(63)46(53(4,5)6)60-29-28-59(50(60)65)33-38-20-14-11-15-21-38/h10-27,40,42-43,45-46H,28-35H2,1-9H3,(H,55,62)(H,56,63)(H,57,64)/t40-,42-,43-,45+,46+/m0/s1. The number of aromatic nitrogens is 1. The highest BCUT2D eigenvalue weighted by molar-refractivity contribution is 5.89. The molecule has 3 aromatic carbocycles. The van der Waals surface area contributed by atoms with E-state index in [9.17, 15) is 24.0 Å². The van der Waals surface area contributed by atoms with Crippen LogP contribution in [0.15, 0.2) is 109 Å². The summed E-state index contributed by atoms with van der Waals surface area (Å²) in [4.78, 5) is 91.8. The lowest BCUT2D eigenvalue weighted by Crippen LogP contribution is -2.60. The maximum absolute atomic E-state index is 15.1. The molecule has 5 amide bonds. The molecule has 17 nitrogen and oxygen atoms in total. The third-order valence-electron chi connectivity index (χ3n) is 11.7. The van der Waals surface area contributed by atoms with Gasteiger partial charge in [-0.25, -0.2) is 14.4 Å². The van der Waals surface area contributed by atoms with E-state index in [1.165, 1.54) is 7.11 Å². The molecule has 0 radical (unpaired) electrons. The van der Waals surface area contributed by atoms with E-state index in [2.05, 4.69) is 20.9 Å². The maximum Gasteiger partial charge on any atom is 0.511 e. The van der Waals surface area contributed by atoms with Gasteiger partial charge in [-0.15, -0.1) is 0 Å². The van der Waals surface area contributed by atoms with Crippen LogP contribution < -0.4 is 16.0 Å². The number of esters is 1. The highest BCUT2D eigenvalue weighted by atomic mass is 16.8. The lowest BCUT2D eigenvalue weighted by molar-refractivity contribution is -0.154. The topological polar surface area (TPSA) is 198 Å². The molecule has 5 rings (SSSR count). The normalized spacial score (nSPS) is 15.0. The minimum atomic E-state index is -1.22. The Hall–Kier alpha value is -7.01. The molecule has 1 saturated heterocycles. The van der Waals surface area contributed by atoms with E-state index in [4.69, 9.17) is 18.9 Å². The fraction of sp³-hybridized carbons (Fsp3) is 0.453. The molecule has 5 atom stereocenters. The first kappa shape index (κ1) is 53.9. The first-order valence-corrected chi connectivity index (χ1v) is 23.4. The lowest BCUT2D eigenvalue weighted by Gasteiger charge is -2.39. The molecule has 4 aromatic rings. The van der Waals surface area contributed by atoms with E-state index in [0.717, 1.165) is 27.9 Å². The molecule has 0 saturated carbocycles. The van der Waals surface area contributed by atoms with Crippen molar-refractivity contribution < 1.29 is 47.7 Å². The van der Waals surface area contributed by atoms with Gasteiger partial charge in [-0.1, -0.05) is 133 Å². The van der Waals surface area contributed by atoms with Crippen molar-refractivity contribution in [1.82, 2.24) is 35.6 Å². The van der Waals surface area contributed by atoms with Crippen LogP contribution in [0.1, 0.15) is 64.7 Å². The quantitative estimate of drug-likeness (QED) is 0.0460. The predicted octanol–water partition coefficient (Wildman–Crippen LogP) is 6.60. The van der Waals surface area contributed by atoms with Crippen LogP contribution in [0.2, 0.25) is 0 Å². The molecule has 1 aliphatic heterocycles. The Morgan fingerprint density at radius 3 is 1.93 bits per heavy atom. The molecule has 0 aliphatic carbocycles. The van der Waals surface area contributed by atoms with Crippen molar-refractivity contribution in [3.63, 3.8) is 0 Å². The molecule has 1 aromatic heterocycles. The van der Waals surface area contributed by atoms with Crippen molar-refractivity contribution in [2.45, 2.75) is 97.6 Å². The second kappa shape index (κ2) is 25.0. The summed E-state index contributed by atoms with van der Waals surface area (Å²) in [6.07, 6.45) is -1.26. The summed E-state index contributed by atoms with van der Waals surface area (Å²) in [6.45, 7) is 11.3. The maximum atomic E-state index is 15.1. The van der Waals surface area contributed by atoms with Crippen molar-refractivity contribution in [3.05, 3.63) is 126 Å². The van der Waals surface area contributed by atoms with Gasteiger partial charge in [-0.05, 0) is 66.6 Å². The van der Waals surface area contributed by atoms with E-state index < -0.39 is 77.9 Å². The van der Waals surface area contributed by atoms with E-state index in [0.29, 0.717) is 19.6 Å². The number of rotatable bonds is 21.